The maximum atomic E-state index is 11.4. The van der Waals surface area contributed by atoms with E-state index < -0.39 is 0 Å². The van der Waals surface area contributed by atoms with E-state index in [1.807, 2.05) is 6.92 Å². The smallest absolute Gasteiger partial charge is 0.222 e. The van der Waals surface area contributed by atoms with Crippen molar-refractivity contribution in [3.05, 3.63) is 17.0 Å². The van der Waals surface area contributed by atoms with E-state index >= 15 is 0 Å². The third-order valence-corrected chi connectivity index (χ3v) is 3.82. The summed E-state index contributed by atoms with van der Waals surface area (Å²) in [6, 6.07) is 2.08. The summed E-state index contributed by atoms with van der Waals surface area (Å²) in [6.45, 7) is 4.72. The summed E-state index contributed by atoms with van der Waals surface area (Å²) in [4.78, 5) is 22.1. The van der Waals surface area contributed by atoms with Crippen LogP contribution in [0.2, 0.25) is 5.15 Å². The molecule has 2 unspecified atom stereocenters. The Morgan fingerprint density at radius 3 is 2.89 bits per heavy atom. The van der Waals surface area contributed by atoms with Gasteiger partial charge < -0.3 is 10.6 Å². The number of anilines is 1. The number of amides is 1. The Morgan fingerprint density at radius 2 is 2.26 bits per heavy atom. The van der Waals surface area contributed by atoms with Crippen molar-refractivity contribution in [3.63, 3.8) is 0 Å². The number of piperidine rings is 1. The number of carbonyl (C=O) groups excluding carboxylic acids is 1. The highest BCUT2D eigenvalue weighted by molar-refractivity contribution is 6.29. The summed E-state index contributed by atoms with van der Waals surface area (Å²) in [5, 5.41) is 0.440. The molecule has 0 aliphatic carbocycles. The Balaban J connectivity index is 2.27. The van der Waals surface area contributed by atoms with Crippen LogP contribution in [-0.2, 0) is 11.2 Å². The van der Waals surface area contributed by atoms with Crippen molar-refractivity contribution in [2.24, 2.45) is 11.7 Å². The summed E-state index contributed by atoms with van der Waals surface area (Å²) in [7, 11) is 0. The third kappa shape index (κ3) is 3.15. The van der Waals surface area contributed by atoms with Crippen molar-refractivity contribution in [1.29, 1.82) is 0 Å². The fourth-order valence-electron chi connectivity index (χ4n) is 2.42. The molecule has 1 aliphatic heterocycles. The number of primary amides is 1. The summed E-state index contributed by atoms with van der Waals surface area (Å²) in [5.74, 6) is 1.15. The molecular formula is C13H19ClN4O. The number of hydrogen-bond acceptors (Lipinski definition) is 4. The standard InChI is InChI=1S/C13H19ClN4O/c1-3-11-16-10(14)6-12(17-11)18-7-9(13(15)19)5-4-8(18)2/h6,8-9H,3-5,7H2,1-2H3,(H2,15,19). The number of rotatable bonds is 3. The van der Waals surface area contributed by atoms with E-state index in [4.69, 9.17) is 17.3 Å². The van der Waals surface area contributed by atoms with E-state index in [0.29, 0.717) is 17.7 Å². The predicted molar refractivity (Wildman–Crippen MR) is 75.1 cm³/mol. The van der Waals surface area contributed by atoms with E-state index in [2.05, 4.69) is 21.8 Å². The molecular weight excluding hydrogens is 264 g/mol. The monoisotopic (exact) mass is 282 g/mol. The second-order valence-electron chi connectivity index (χ2n) is 5.00. The van der Waals surface area contributed by atoms with Crippen molar-refractivity contribution in [2.75, 3.05) is 11.4 Å². The first-order valence-corrected chi connectivity index (χ1v) is 6.98. The number of nitrogens with zero attached hydrogens (tertiary/aromatic N) is 3. The topological polar surface area (TPSA) is 72.1 Å². The van der Waals surface area contributed by atoms with E-state index in [-0.39, 0.29) is 11.8 Å². The van der Waals surface area contributed by atoms with E-state index in [1.54, 1.807) is 6.07 Å². The minimum absolute atomic E-state index is 0.116. The highest BCUT2D eigenvalue weighted by Gasteiger charge is 2.29. The van der Waals surface area contributed by atoms with Crippen LogP contribution in [0.5, 0.6) is 0 Å². The SMILES string of the molecule is CCc1nc(Cl)cc(N2CC(C(N)=O)CCC2C)n1. The molecule has 1 fully saturated rings. The summed E-state index contributed by atoms with van der Waals surface area (Å²) >= 11 is 6.03. The molecule has 1 amide bonds. The van der Waals surface area contributed by atoms with E-state index in [0.717, 1.165) is 30.9 Å². The summed E-state index contributed by atoms with van der Waals surface area (Å²) < 4.78 is 0. The average molecular weight is 283 g/mol. The predicted octanol–water partition coefficient (Wildman–Crippen LogP) is 1.78. The summed E-state index contributed by atoms with van der Waals surface area (Å²) in [5.41, 5.74) is 5.41. The Hall–Kier alpha value is -1.36. The first-order valence-electron chi connectivity index (χ1n) is 6.60. The van der Waals surface area contributed by atoms with Gasteiger partial charge in [0.1, 0.15) is 16.8 Å². The van der Waals surface area contributed by atoms with Gasteiger partial charge in [-0.05, 0) is 19.8 Å². The van der Waals surface area contributed by atoms with Crippen LogP contribution >= 0.6 is 11.6 Å². The molecule has 6 heteroatoms. The van der Waals surface area contributed by atoms with Gasteiger partial charge in [-0.3, -0.25) is 4.79 Å². The lowest BCUT2D eigenvalue weighted by Gasteiger charge is -2.37. The molecule has 0 saturated carbocycles. The Morgan fingerprint density at radius 1 is 1.53 bits per heavy atom. The lowest BCUT2D eigenvalue weighted by Crippen LogP contribution is -2.46. The minimum Gasteiger partial charge on any atom is -0.369 e. The van der Waals surface area contributed by atoms with Gasteiger partial charge in [-0.25, -0.2) is 9.97 Å². The molecule has 0 bridgehead atoms. The van der Waals surface area contributed by atoms with Crippen molar-refractivity contribution in [1.82, 2.24) is 9.97 Å². The van der Waals surface area contributed by atoms with E-state index in [9.17, 15) is 4.79 Å². The van der Waals surface area contributed by atoms with Crippen LogP contribution in [0.15, 0.2) is 6.07 Å². The number of aromatic nitrogens is 2. The molecule has 0 spiro atoms. The number of halogens is 1. The lowest BCUT2D eigenvalue weighted by atomic mass is 9.93. The van der Waals surface area contributed by atoms with Crippen LogP contribution in [0.4, 0.5) is 5.82 Å². The van der Waals surface area contributed by atoms with Gasteiger partial charge in [0.05, 0.1) is 5.92 Å². The molecule has 19 heavy (non-hydrogen) atoms. The molecule has 1 aliphatic rings. The normalized spacial score (nSPS) is 23.4. The number of hydrogen-bond donors (Lipinski definition) is 1. The molecule has 2 atom stereocenters. The third-order valence-electron chi connectivity index (χ3n) is 3.62. The zero-order valence-corrected chi connectivity index (χ0v) is 12.0. The zero-order valence-electron chi connectivity index (χ0n) is 11.3. The molecule has 2 heterocycles. The highest BCUT2D eigenvalue weighted by atomic mass is 35.5. The molecule has 5 nitrogen and oxygen atoms in total. The van der Waals surface area contributed by atoms with Gasteiger partial charge in [-0.1, -0.05) is 18.5 Å². The second-order valence-corrected chi connectivity index (χ2v) is 5.38. The number of aryl methyl sites for hydroxylation is 1. The second kappa shape index (κ2) is 5.74. The van der Waals surface area contributed by atoms with Crippen LogP contribution in [0.3, 0.4) is 0 Å². The van der Waals surface area contributed by atoms with Gasteiger partial charge in [0.15, 0.2) is 0 Å². The van der Waals surface area contributed by atoms with E-state index in [1.165, 1.54) is 0 Å². The largest absolute Gasteiger partial charge is 0.369 e. The van der Waals surface area contributed by atoms with Gasteiger partial charge in [0.25, 0.3) is 0 Å². The Labute approximate surface area is 118 Å². The fraction of sp³-hybridized carbons (Fsp3) is 0.615. The molecule has 0 aromatic carbocycles. The summed E-state index contributed by atoms with van der Waals surface area (Å²) in [6.07, 6.45) is 2.50. The molecule has 104 valence electrons. The highest BCUT2D eigenvalue weighted by Crippen LogP contribution is 2.27. The first-order chi connectivity index (χ1) is 9.01. The van der Waals surface area contributed by atoms with Crippen LogP contribution < -0.4 is 10.6 Å². The van der Waals surface area contributed by atoms with Crippen molar-refractivity contribution >= 4 is 23.3 Å². The van der Waals surface area contributed by atoms with Crippen molar-refractivity contribution in [3.8, 4) is 0 Å². The molecule has 2 N–H and O–H groups in total. The maximum absolute atomic E-state index is 11.4. The first kappa shape index (κ1) is 14.1. The molecule has 2 rings (SSSR count). The molecule has 1 saturated heterocycles. The van der Waals surface area contributed by atoms with Gasteiger partial charge in [0.2, 0.25) is 5.91 Å². The quantitative estimate of drug-likeness (QED) is 0.858. The van der Waals surface area contributed by atoms with Crippen LogP contribution in [0.25, 0.3) is 0 Å². The van der Waals surface area contributed by atoms with Crippen molar-refractivity contribution in [2.45, 2.75) is 39.2 Å². The average Bonchev–Trinajstić information content (AvgIpc) is 2.38. The van der Waals surface area contributed by atoms with Crippen molar-refractivity contribution < 1.29 is 4.79 Å². The Bertz CT molecular complexity index is 480. The Kier molecular flexibility index (Phi) is 4.24. The van der Waals surface area contributed by atoms with Crippen LogP contribution in [-0.4, -0.2) is 28.5 Å². The molecule has 1 aromatic heterocycles. The van der Waals surface area contributed by atoms with Gasteiger partial charge in [-0.2, -0.15) is 0 Å². The molecule has 0 radical (unpaired) electrons. The number of carbonyl (C=O) groups is 1. The lowest BCUT2D eigenvalue weighted by molar-refractivity contribution is -0.122. The molecule has 1 aromatic rings. The van der Waals surface area contributed by atoms with Gasteiger partial charge in [0, 0.05) is 25.1 Å². The van der Waals surface area contributed by atoms with Crippen LogP contribution in [0, 0.1) is 5.92 Å². The fourth-order valence-corrected chi connectivity index (χ4v) is 2.61. The van der Waals surface area contributed by atoms with Gasteiger partial charge in [-0.15, -0.1) is 0 Å². The van der Waals surface area contributed by atoms with Crippen LogP contribution in [0.1, 0.15) is 32.5 Å². The maximum Gasteiger partial charge on any atom is 0.222 e. The minimum atomic E-state index is -0.243. The zero-order chi connectivity index (χ0) is 14.0. The van der Waals surface area contributed by atoms with Gasteiger partial charge >= 0.3 is 0 Å². The number of nitrogens with two attached hydrogens (primary N) is 1.